The molecule has 1 aromatic carbocycles. The number of anilines is 1. The normalized spacial score (nSPS) is 15.4. The summed E-state index contributed by atoms with van der Waals surface area (Å²) in [5.74, 6) is 0.143. The molecule has 1 heterocycles. The number of hydroxylamine groups is 2. The van der Waals surface area contributed by atoms with E-state index in [1.54, 1.807) is 6.07 Å². The first-order chi connectivity index (χ1) is 5.79. The summed E-state index contributed by atoms with van der Waals surface area (Å²) in [5, 5.41) is 20.5. The smallest absolute Gasteiger partial charge is 0.156 e. The molecule has 1 aromatic rings. The number of rotatable bonds is 0. The number of para-hydroxylation sites is 1. The third-order valence-electron chi connectivity index (χ3n) is 1.86. The maximum Gasteiger partial charge on any atom is 0.156 e. The number of fused-ring (bicyclic) bond motifs is 1. The van der Waals surface area contributed by atoms with Gasteiger partial charge in [0.2, 0.25) is 0 Å². The Morgan fingerprint density at radius 1 is 1.42 bits per heavy atom. The molecule has 0 aliphatic carbocycles. The van der Waals surface area contributed by atoms with Gasteiger partial charge in [0, 0.05) is 11.3 Å². The van der Waals surface area contributed by atoms with Crippen LogP contribution in [0.25, 0.3) is 0 Å². The van der Waals surface area contributed by atoms with Gasteiger partial charge in [0.05, 0.1) is 0 Å². The lowest BCUT2D eigenvalue weighted by Gasteiger charge is -2.26. The minimum Gasteiger partial charge on any atom is -0.365 e. The van der Waals surface area contributed by atoms with Crippen LogP contribution in [0.15, 0.2) is 24.3 Å². The summed E-state index contributed by atoms with van der Waals surface area (Å²) in [5.41, 5.74) is 1.62. The fraction of sp³-hybridized carbons (Fsp3) is 0.125. The highest BCUT2D eigenvalue weighted by molar-refractivity contribution is 6.02. The topological polar surface area (TPSA) is 59.4 Å². The van der Waals surface area contributed by atoms with E-state index in [0.717, 1.165) is 16.3 Å². The van der Waals surface area contributed by atoms with E-state index in [2.05, 4.69) is 5.32 Å². The second kappa shape index (κ2) is 2.49. The van der Waals surface area contributed by atoms with Crippen LogP contribution >= 0.6 is 0 Å². The van der Waals surface area contributed by atoms with Crippen LogP contribution < -0.4 is 5.32 Å². The molecule has 0 atom stereocenters. The highest BCUT2D eigenvalue weighted by Crippen LogP contribution is 2.19. The number of nitrogens with zero attached hydrogens (tertiary/aromatic N) is 1. The molecule has 4 nitrogen and oxygen atoms in total. The molecule has 0 saturated carbocycles. The zero-order valence-corrected chi connectivity index (χ0v) is 6.41. The quantitative estimate of drug-likeness (QED) is 0.536. The lowest BCUT2D eigenvalue weighted by molar-refractivity contribution is -0.00895. The fourth-order valence-electron chi connectivity index (χ4n) is 1.22. The molecule has 0 aromatic heterocycles. The molecule has 3 N–H and O–H groups in total. The highest BCUT2D eigenvalue weighted by Gasteiger charge is 2.17. The Balaban J connectivity index is 2.49. The maximum atomic E-state index is 9.17. The van der Waals surface area contributed by atoms with Gasteiger partial charge < -0.3 is 5.32 Å². The molecule has 0 saturated heterocycles. The van der Waals surface area contributed by atoms with E-state index < -0.39 is 0 Å². The standard InChI is InChI=1S/C8H9N3O/c9-8-6-3-1-2-4-7(6)10-5-11(8)12/h1-4,9-10,12H,5H2. The van der Waals surface area contributed by atoms with Crippen LogP contribution in [-0.4, -0.2) is 22.8 Å². The minimum atomic E-state index is 0.143. The van der Waals surface area contributed by atoms with E-state index in [1.165, 1.54) is 0 Å². The first kappa shape index (κ1) is 7.12. The van der Waals surface area contributed by atoms with Crippen LogP contribution in [0, 0.1) is 5.41 Å². The van der Waals surface area contributed by atoms with E-state index in [-0.39, 0.29) is 12.5 Å². The summed E-state index contributed by atoms with van der Waals surface area (Å²) in [6.45, 7) is 0.274. The number of nitrogens with one attached hydrogen (secondary N) is 2. The molecule has 1 aliphatic rings. The van der Waals surface area contributed by atoms with E-state index in [9.17, 15) is 5.21 Å². The van der Waals surface area contributed by atoms with E-state index in [0.29, 0.717) is 0 Å². The predicted octanol–water partition coefficient (Wildman–Crippen LogP) is 1.09. The van der Waals surface area contributed by atoms with Gasteiger partial charge in [-0.15, -0.1) is 0 Å². The Bertz CT molecular complexity index is 324. The molecule has 2 rings (SSSR count). The van der Waals surface area contributed by atoms with Gasteiger partial charge in [0.25, 0.3) is 0 Å². The summed E-state index contributed by atoms with van der Waals surface area (Å²) in [7, 11) is 0. The number of hydrogen-bond donors (Lipinski definition) is 3. The summed E-state index contributed by atoms with van der Waals surface area (Å²) >= 11 is 0. The molecule has 0 amide bonds. The molecule has 1 aliphatic heterocycles. The van der Waals surface area contributed by atoms with Crippen LogP contribution in [-0.2, 0) is 0 Å². The summed E-state index contributed by atoms with van der Waals surface area (Å²) in [4.78, 5) is 0. The average molecular weight is 163 g/mol. The Hall–Kier alpha value is -1.55. The zero-order chi connectivity index (χ0) is 8.55. The number of benzene rings is 1. The molecular formula is C8H9N3O. The van der Waals surface area contributed by atoms with Gasteiger partial charge in [-0.05, 0) is 12.1 Å². The Morgan fingerprint density at radius 3 is 3.00 bits per heavy atom. The first-order valence-electron chi connectivity index (χ1n) is 3.67. The van der Waals surface area contributed by atoms with E-state index in [4.69, 9.17) is 5.41 Å². The lowest BCUT2D eigenvalue weighted by Crippen LogP contribution is -2.37. The van der Waals surface area contributed by atoms with Crippen molar-refractivity contribution < 1.29 is 5.21 Å². The molecule has 0 bridgehead atoms. The van der Waals surface area contributed by atoms with Gasteiger partial charge in [-0.1, -0.05) is 12.1 Å². The van der Waals surface area contributed by atoms with Crippen molar-refractivity contribution in [2.45, 2.75) is 0 Å². The molecular weight excluding hydrogens is 154 g/mol. The second-order valence-corrected chi connectivity index (χ2v) is 2.63. The Labute approximate surface area is 69.9 Å². The van der Waals surface area contributed by atoms with Crippen LogP contribution in [0.3, 0.4) is 0 Å². The summed E-state index contributed by atoms with van der Waals surface area (Å²) in [6.07, 6.45) is 0. The van der Waals surface area contributed by atoms with Crippen molar-refractivity contribution in [3.05, 3.63) is 29.8 Å². The fourth-order valence-corrected chi connectivity index (χ4v) is 1.22. The van der Waals surface area contributed by atoms with E-state index >= 15 is 0 Å². The first-order valence-corrected chi connectivity index (χ1v) is 3.67. The molecule has 12 heavy (non-hydrogen) atoms. The van der Waals surface area contributed by atoms with Crippen LogP contribution in [0.2, 0.25) is 0 Å². The number of hydrogen-bond acceptors (Lipinski definition) is 3. The summed E-state index contributed by atoms with van der Waals surface area (Å²) < 4.78 is 0. The molecule has 4 heteroatoms. The minimum absolute atomic E-state index is 0.143. The van der Waals surface area contributed by atoms with Crippen molar-refractivity contribution in [3.8, 4) is 0 Å². The van der Waals surface area contributed by atoms with E-state index in [1.807, 2.05) is 18.2 Å². The third kappa shape index (κ3) is 0.931. The Morgan fingerprint density at radius 2 is 2.17 bits per heavy atom. The molecule has 0 spiro atoms. The monoisotopic (exact) mass is 163 g/mol. The Kier molecular flexibility index (Phi) is 1.48. The number of amidine groups is 1. The van der Waals surface area contributed by atoms with Crippen molar-refractivity contribution in [2.75, 3.05) is 12.0 Å². The largest absolute Gasteiger partial charge is 0.365 e. The van der Waals surface area contributed by atoms with Crippen molar-refractivity contribution in [2.24, 2.45) is 0 Å². The maximum absolute atomic E-state index is 9.17. The lowest BCUT2D eigenvalue weighted by atomic mass is 10.1. The average Bonchev–Trinajstić information content (AvgIpc) is 2.12. The van der Waals surface area contributed by atoms with Crippen molar-refractivity contribution in [3.63, 3.8) is 0 Å². The van der Waals surface area contributed by atoms with Gasteiger partial charge in [-0.25, -0.2) is 5.06 Å². The second-order valence-electron chi connectivity index (χ2n) is 2.63. The van der Waals surface area contributed by atoms with Gasteiger partial charge in [-0.3, -0.25) is 10.6 Å². The third-order valence-corrected chi connectivity index (χ3v) is 1.86. The van der Waals surface area contributed by atoms with Crippen LogP contribution in [0.5, 0.6) is 0 Å². The van der Waals surface area contributed by atoms with Crippen molar-refractivity contribution in [1.29, 1.82) is 5.41 Å². The molecule has 0 fully saturated rings. The van der Waals surface area contributed by atoms with Crippen molar-refractivity contribution >= 4 is 11.5 Å². The van der Waals surface area contributed by atoms with Gasteiger partial charge in [0.15, 0.2) is 5.84 Å². The zero-order valence-electron chi connectivity index (χ0n) is 6.41. The van der Waals surface area contributed by atoms with Gasteiger partial charge in [0.1, 0.15) is 6.67 Å². The van der Waals surface area contributed by atoms with Crippen LogP contribution in [0.4, 0.5) is 5.69 Å². The van der Waals surface area contributed by atoms with Crippen LogP contribution in [0.1, 0.15) is 5.56 Å². The molecule has 0 radical (unpaired) electrons. The SMILES string of the molecule is N=C1c2ccccc2NCN1O. The van der Waals surface area contributed by atoms with Gasteiger partial charge >= 0.3 is 0 Å². The molecule has 0 unspecified atom stereocenters. The van der Waals surface area contributed by atoms with Crippen molar-refractivity contribution in [1.82, 2.24) is 5.06 Å². The predicted molar refractivity (Wildman–Crippen MR) is 45.4 cm³/mol. The molecule has 62 valence electrons. The highest BCUT2D eigenvalue weighted by atomic mass is 16.5. The van der Waals surface area contributed by atoms with Gasteiger partial charge in [-0.2, -0.15) is 0 Å². The summed E-state index contributed by atoms with van der Waals surface area (Å²) in [6, 6.07) is 7.42.